The standard InChI is InChI=1S/C14H16N2O2S/c1-9-3-4-12(10(2)7-9)18-8-11-5-6-19-13(11)14(17)16-15/h3-7H,8,15H2,1-2H3,(H,16,17). The number of nitrogens with two attached hydrogens (primary N) is 1. The summed E-state index contributed by atoms with van der Waals surface area (Å²) in [5, 5.41) is 1.85. The second-order valence-electron chi connectivity index (χ2n) is 4.31. The lowest BCUT2D eigenvalue weighted by Gasteiger charge is -2.10. The summed E-state index contributed by atoms with van der Waals surface area (Å²) in [5.74, 6) is 5.69. The quantitative estimate of drug-likeness (QED) is 0.512. The molecule has 0 atom stereocenters. The van der Waals surface area contributed by atoms with Gasteiger partial charge in [0.2, 0.25) is 0 Å². The minimum Gasteiger partial charge on any atom is -0.489 e. The highest BCUT2D eigenvalue weighted by Crippen LogP contribution is 2.22. The van der Waals surface area contributed by atoms with Gasteiger partial charge in [-0.25, -0.2) is 5.84 Å². The fourth-order valence-corrected chi connectivity index (χ4v) is 2.64. The van der Waals surface area contributed by atoms with Gasteiger partial charge in [0.25, 0.3) is 5.91 Å². The molecule has 1 aromatic carbocycles. The van der Waals surface area contributed by atoms with E-state index in [9.17, 15) is 4.79 Å². The minimum absolute atomic E-state index is 0.283. The van der Waals surface area contributed by atoms with E-state index in [-0.39, 0.29) is 5.91 Å². The maximum Gasteiger partial charge on any atom is 0.275 e. The van der Waals surface area contributed by atoms with E-state index < -0.39 is 0 Å². The first-order valence-electron chi connectivity index (χ1n) is 5.89. The monoisotopic (exact) mass is 276 g/mol. The summed E-state index contributed by atoms with van der Waals surface area (Å²) in [6.45, 7) is 4.40. The lowest BCUT2D eigenvalue weighted by Crippen LogP contribution is -2.30. The molecule has 2 aromatic rings. The Hall–Kier alpha value is -1.85. The van der Waals surface area contributed by atoms with Crippen LogP contribution in [0.2, 0.25) is 0 Å². The van der Waals surface area contributed by atoms with E-state index in [4.69, 9.17) is 10.6 Å². The molecule has 100 valence electrons. The summed E-state index contributed by atoms with van der Waals surface area (Å²) in [6.07, 6.45) is 0. The van der Waals surface area contributed by atoms with Gasteiger partial charge in [-0.15, -0.1) is 11.3 Å². The zero-order valence-electron chi connectivity index (χ0n) is 10.9. The van der Waals surface area contributed by atoms with Gasteiger partial charge in [-0.1, -0.05) is 17.7 Å². The number of nitrogen functional groups attached to an aromatic ring is 1. The molecule has 5 heteroatoms. The van der Waals surface area contributed by atoms with Gasteiger partial charge < -0.3 is 4.74 Å². The molecule has 0 saturated heterocycles. The third kappa shape index (κ3) is 3.13. The third-order valence-corrected chi connectivity index (χ3v) is 3.75. The SMILES string of the molecule is Cc1ccc(OCc2ccsc2C(=O)NN)c(C)c1. The molecule has 3 N–H and O–H groups in total. The summed E-state index contributed by atoms with van der Waals surface area (Å²) in [7, 11) is 0. The van der Waals surface area contributed by atoms with Crippen LogP contribution in [0.5, 0.6) is 5.75 Å². The summed E-state index contributed by atoms with van der Waals surface area (Å²) in [6, 6.07) is 7.89. The molecule has 0 spiro atoms. The van der Waals surface area contributed by atoms with Gasteiger partial charge in [0, 0.05) is 5.56 Å². The van der Waals surface area contributed by atoms with Gasteiger partial charge in [-0.2, -0.15) is 0 Å². The van der Waals surface area contributed by atoms with Crippen LogP contribution in [0.4, 0.5) is 0 Å². The van der Waals surface area contributed by atoms with Gasteiger partial charge in [0.1, 0.15) is 12.4 Å². The molecule has 2 rings (SSSR count). The number of nitrogens with one attached hydrogen (secondary N) is 1. The average Bonchev–Trinajstić information content (AvgIpc) is 2.85. The van der Waals surface area contributed by atoms with E-state index in [1.165, 1.54) is 16.9 Å². The fraction of sp³-hybridized carbons (Fsp3) is 0.214. The van der Waals surface area contributed by atoms with Crippen LogP contribution in [0.25, 0.3) is 0 Å². The molecule has 0 fully saturated rings. The normalized spacial score (nSPS) is 10.3. The second-order valence-corrected chi connectivity index (χ2v) is 5.22. The Labute approximate surface area is 116 Å². The third-order valence-electron chi connectivity index (χ3n) is 2.80. The number of amides is 1. The Morgan fingerprint density at radius 1 is 1.37 bits per heavy atom. The molecular formula is C14H16N2O2S. The van der Waals surface area contributed by atoms with Gasteiger partial charge in [0.15, 0.2) is 0 Å². The Morgan fingerprint density at radius 3 is 2.84 bits per heavy atom. The molecule has 0 aliphatic carbocycles. The summed E-state index contributed by atoms with van der Waals surface area (Å²) >= 11 is 1.35. The summed E-state index contributed by atoms with van der Waals surface area (Å²) in [4.78, 5) is 12.1. The number of thiophene rings is 1. The Bertz CT molecular complexity index is 593. The number of aryl methyl sites for hydroxylation is 2. The van der Waals surface area contributed by atoms with Crippen molar-refractivity contribution in [3.63, 3.8) is 0 Å². The molecule has 0 unspecified atom stereocenters. The van der Waals surface area contributed by atoms with Crippen molar-refractivity contribution in [1.82, 2.24) is 5.43 Å². The van der Waals surface area contributed by atoms with Crippen LogP contribution in [0, 0.1) is 13.8 Å². The number of benzene rings is 1. The lowest BCUT2D eigenvalue weighted by molar-refractivity contribution is 0.0955. The Morgan fingerprint density at radius 2 is 2.16 bits per heavy atom. The number of ether oxygens (including phenoxy) is 1. The van der Waals surface area contributed by atoms with Crippen molar-refractivity contribution in [3.05, 3.63) is 51.2 Å². The summed E-state index contributed by atoms with van der Waals surface area (Å²) in [5.41, 5.74) is 5.26. The number of carbonyl (C=O) groups is 1. The largest absolute Gasteiger partial charge is 0.489 e. The number of carbonyl (C=O) groups excluding carboxylic acids is 1. The zero-order valence-corrected chi connectivity index (χ0v) is 11.7. The summed E-state index contributed by atoms with van der Waals surface area (Å²) < 4.78 is 5.76. The van der Waals surface area contributed by atoms with E-state index in [1.807, 2.05) is 37.4 Å². The molecule has 0 radical (unpaired) electrons. The molecular weight excluding hydrogens is 260 g/mol. The van der Waals surface area contributed by atoms with Crippen LogP contribution in [-0.4, -0.2) is 5.91 Å². The first-order valence-corrected chi connectivity index (χ1v) is 6.77. The van der Waals surface area contributed by atoms with E-state index in [0.29, 0.717) is 11.5 Å². The average molecular weight is 276 g/mol. The predicted molar refractivity (Wildman–Crippen MR) is 76.2 cm³/mol. The van der Waals surface area contributed by atoms with Crippen molar-refractivity contribution in [2.75, 3.05) is 0 Å². The predicted octanol–water partition coefficient (Wildman–Crippen LogP) is 2.55. The van der Waals surface area contributed by atoms with E-state index in [2.05, 4.69) is 11.5 Å². The molecule has 0 aliphatic heterocycles. The number of hydrogen-bond donors (Lipinski definition) is 2. The van der Waals surface area contributed by atoms with Crippen molar-refractivity contribution >= 4 is 17.2 Å². The van der Waals surface area contributed by atoms with Gasteiger partial charge >= 0.3 is 0 Å². The van der Waals surface area contributed by atoms with E-state index in [0.717, 1.165) is 16.9 Å². The van der Waals surface area contributed by atoms with Crippen LogP contribution >= 0.6 is 11.3 Å². The van der Waals surface area contributed by atoms with Crippen molar-refractivity contribution in [2.45, 2.75) is 20.5 Å². The Balaban J connectivity index is 2.10. The first-order chi connectivity index (χ1) is 9.11. The molecule has 0 saturated carbocycles. The van der Waals surface area contributed by atoms with Crippen LogP contribution in [0.1, 0.15) is 26.4 Å². The number of hydrogen-bond acceptors (Lipinski definition) is 4. The number of hydrazine groups is 1. The van der Waals surface area contributed by atoms with Crippen LogP contribution in [-0.2, 0) is 6.61 Å². The van der Waals surface area contributed by atoms with Crippen molar-refractivity contribution < 1.29 is 9.53 Å². The number of rotatable bonds is 4. The maximum atomic E-state index is 11.5. The molecule has 1 aromatic heterocycles. The second kappa shape index (κ2) is 5.86. The first kappa shape index (κ1) is 13.6. The molecule has 0 bridgehead atoms. The Kier molecular flexibility index (Phi) is 4.19. The van der Waals surface area contributed by atoms with Gasteiger partial charge in [-0.05, 0) is 36.9 Å². The minimum atomic E-state index is -0.283. The zero-order chi connectivity index (χ0) is 13.8. The fourth-order valence-electron chi connectivity index (χ4n) is 1.83. The topological polar surface area (TPSA) is 64.3 Å². The van der Waals surface area contributed by atoms with E-state index in [1.54, 1.807) is 0 Å². The smallest absolute Gasteiger partial charge is 0.275 e. The molecule has 19 heavy (non-hydrogen) atoms. The van der Waals surface area contributed by atoms with E-state index >= 15 is 0 Å². The molecule has 1 heterocycles. The lowest BCUT2D eigenvalue weighted by atomic mass is 10.1. The van der Waals surface area contributed by atoms with Gasteiger partial charge in [-0.3, -0.25) is 10.2 Å². The highest BCUT2D eigenvalue weighted by Gasteiger charge is 2.12. The van der Waals surface area contributed by atoms with Gasteiger partial charge in [0.05, 0.1) is 4.88 Å². The highest BCUT2D eigenvalue weighted by molar-refractivity contribution is 7.12. The molecule has 1 amide bonds. The van der Waals surface area contributed by atoms with Crippen molar-refractivity contribution in [3.8, 4) is 5.75 Å². The highest BCUT2D eigenvalue weighted by atomic mass is 32.1. The van der Waals surface area contributed by atoms with Crippen LogP contribution < -0.4 is 16.0 Å². The van der Waals surface area contributed by atoms with Crippen LogP contribution in [0.15, 0.2) is 29.6 Å². The molecule has 0 aliphatic rings. The van der Waals surface area contributed by atoms with Crippen molar-refractivity contribution in [2.24, 2.45) is 5.84 Å². The van der Waals surface area contributed by atoms with Crippen molar-refractivity contribution in [1.29, 1.82) is 0 Å². The maximum absolute atomic E-state index is 11.5. The molecule has 4 nitrogen and oxygen atoms in total. The van der Waals surface area contributed by atoms with Crippen LogP contribution in [0.3, 0.4) is 0 Å².